The summed E-state index contributed by atoms with van der Waals surface area (Å²) in [5.74, 6) is 0.539. The van der Waals surface area contributed by atoms with Crippen molar-refractivity contribution in [1.29, 1.82) is 0 Å². The third-order valence-corrected chi connectivity index (χ3v) is 2.37. The lowest BCUT2D eigenvalue weighted by molar-refractivity contribution is 0.0934. The fourth-order valence-electron chi connectivity index (χ4n) is 1.59. The third kappa shape index (κ3) is 1.57. The molecule has 0 unspecified atom stereocenters. The Morgan fingerprint density at radius 1 is 1.29 bits per heavy atom. The molecule has 0 aliphatic rings. The van der Waals surface area contributed by atoms with E-state index in [-0.39, 0.29) is 11.7 Å². The van der Waals surface area contributed by atoms with Crippen LogP contribution in [0.4, 0.5) is 0 Å². The molecule has 3 heterocycles. The van der Waals surface area contributed by atoms with Crippen LogP contribution in [0.5, 0.6) is 0 Å². The summed E-state index contributed by atoms with van der Waals surface area (Å²) in [5.41, 5.74) is 0.745. The molecule has 84 valence electrons. The molecule has 17 heavy (non-hydrogen) atoms. The molecule has 0 fully saturated rings. The molecule has 0 aliphatic heterocycles. The lowest BCUT2D eigenvalue weighted by Crippen LogP contribution is -2.11. The molecule has 5 nitrogen and oxygen atoms in total. The monoisotopic (exact) mass is 228 g/mol. The van der Waals surface area contributed by atoms with Crippen LogP contribution in [0.25, 0.3) is 11.4 Å². The van der Waals surface area contributed by atoms with Gasteiger partial charge in [-0.2, -0.15) is 0 Å². The second-order valence-electron chi connectivity index (χ2n) is 3.42. The Kier molecular flexibility index (Phi) is 2.15. The van der Waals surface area contributed by atoms with E-state index in [4.69, 9.17) is 8.83 Å². The highest BCUT2D eigenvalue weighted by Gasteiger charge is 2.16. The number of hydrogen-bond acceptors (Lipinski definition) is 4. The summed E-state index contributed by atoms with van der Waals surface area (Å²) in [6.45, 7) is 0. The molecule has 0 saturated heterocycles. The molecule has 0 N–H and O–H groups in total. The Hall–Kier alpha value is -2.56. The molecule has 0 atom stereocenters. The highest BCUT2D eigenvalue weighted by atomic mass is 16.3. The predicted octanol–water partition coefficient (Wildman–Crippen LogP) is 2.42. The number of imidazole rings is 1. The van der Waals surface area contributed by atoms with Gasteiger partial charge in [0.05, 0.1) is 18.1 Å². The van der Waals surface area contributed by atoms with Gasteiger partial charge in [-0.05, 0) is 18.2 Å². The van der Waals surface area contributed by atoms with Crippen LogP contribution in [0.15, 0.2) is 58.2 Å². The van der Waals surface area contributed by atoms with Crippen molar-refractivity contribution < 1.29 is 13.6 Å². The van der Waals surface area contributed by atoms with Crippen molar-refractivity contribution in [3.63, 3.8) is 0 Å². The first-order chi connectivity index (χ1) is 8.36. The number of aromatic nitrogens is 2. The van der Waals surface area contributed by atoms with Crippen molar-refractivity contribution in [2.75, 3.05) is 0 Å². The van der Waals surface area contributed by atoms with Crippen LogP contribution in [0, 0.1) is 0 Å². The maximum Gasteiger partial charge on any atom is 0.299 e. The molecule has 0 spiro atoms. The first-order valence-electron chi connectivity index (χ1n) is 5.00. The fourth-order valence-corrected chi connectivity index (χ4v) is 1.59. The topological polar surface area (TPSA) is 61.2 Å². The van der Waals surface area contributed by atoms with Crippen LogP contribution in [0.1, 0.15) is 10.6 Å². The van der Waals surface area contributed by atoms with Crippen LogP contribution < -0.4 is 0 Å². The number of rotatable bonds is 2. The molecule has 0 amide bonds. The van der Waals surface area contributed by atoms with Gasteiger partial charge in [-0.3, -0.25) is 9.36 Å². The second kappa shape index (κ2) is 3.79. The molecular weight excluding hydrogens is 220 g/mol. The van der Waals surface area contributed by atoms with E-state index in [0.29, 0.717) is 5.82 Å². The zero-order valence-corrected chi connectivity index (χ0v) is 8.74. The average Bonchev–Trinajstić information content (AvgIpc) is 3.09. The molecule has 3 aromatic rings. The van der Waals surface area contributed by atoms with E-state index in [1.807, 2.05) is 0 Å². The SMILES string of the molecule is O=C(c1ccco1)n1ccnc1-c1ccoc1. The number of carbonyl (C=O) groups is 1. The molecule has 0 radical (unpaired) electrons. The zero-order chi connectivity index (χ0) is 11.7. The van der Waals surface area contributed by atoms with Crippen molar-refractivity contribution in [1.82, 2.24) is 9.55 Å². The minimum Gasteiger partial charge on any atom is -0.472 e. The largest absolute Gasteiger partial charge is 0.472 e. The Bertz CT molecular complexity index is 621. The Morgan fingerprint density at radius 3 is 2.94 bits per heavy atom. The van der Waals surface area contributed by atoms with E-state index in [1.54, 1.807) is 30.6 Å². The van der Waals surface area contributed by atoms with E-state index >= 15 is 0 Å². The van der Waals surface area contributed by atoms with Crippen LogP contribution >= 0.6 is 0 Å². The van der Waals surface area contributed by atoms with Gasteiger partial charge in [0.2, 0.25) is 0 Å². The first-order valence-corrected chi connectivity index (χ1v) is 5.00. The Balaban J connectivity index is 2.05. The second-order valence-corrected chi connectivity index (χ2v) is 3.42. The van der Waals surface area contributed by atoms with Crippen LogP contribution in [0.2, 0.25) is 0 Å². The van der Waals surface area contributed by atoms with Gasteiger partial charge in [-0.25, -0.2) is 4.98 Å². The minimum atomic E-state index is -0.260. The number of furan rings is 2. The standard InChI is InChI=1S/C12H8N2O3/c15-12(10-2-1-6-17-10)14-5-4-13-11(14)9-3-7-16-8-9/h1-8H. The summed E-state index contributed by atoms with van der Waals surface area (Å²) < 4.78 is 11.5. The summed E-state index contributed by atoms with van der Waals surface area (Å²) >= 11 is 0. The van der Waals surface area contributed by atoms with Crippen molar-refractivity contribution in [2.45, 2.75) is 0 Å². The van der Waals surface area contributed by atoms with Gasteiger partial charge in [0.15, 0.2) is 5.76 Å². The summed E-state index contributed by atoms with van der Waals surface area (Å²) in [4.78, 5) is 16.2. The van der Waals surface area contributed by atoms with E-state index in [2.05, 4.69) is 4.98 Å². The van der Waals surface area contributed by atoms with E-state index in [9.17, 15) is 4.79 Å². The molecule has 0 aromatic carbocycles. The molecular formula is C12H8N2O3. The first kappa shape index (κ1) is 9.65. The van der Waals surface area contributed by atoms with E-state index in [0.717, 1.165) is 5.56 Å². The number of carbonyl (C=O) groups excluding carboxylic acids is 1. The van der Waals surface area contributed by atoms with Crippen molar-refractivity contribution in [3.8, 4) is 11.4 Å². The highest BCUT2D eigenvalue weighted by molar-refractivity contribution is 5.95. The average molecular weight is 228 g/mol. The number of hydrogen-bond donors (Lipinski definition) is 0. The van der Waals surface area contributed by atoms with Gasteiger partial charge in [-0.15, -0.1) is 0 Å². The van der Waals surface area contributed by atoms with E-state index in [1.165, 1.54) is 23.4 Å². The molecule has 0 saturated carbocycles. The van der Waals surface area contributed by atoms with Crippen molar-refractivity contribution in [3.05, 3.63) is 55.1 Å². The maximum absolute atomic E-state index is 12.1. The normalized spacial score (nSPS) is 10.6. The van der Waals surface area contributed by atoms with Crippen molar-refractivity contribution in [2.24, 2.45) is 0 Å². The predicted molar refractivity (Wildman–Crippen MR) is 58.4 cm³/mol. The van der Waals surface area contributed by atoms with Crippen molar-refractivity contribution >= 4 is 5.91 Å². The number of nitrogens with zero attached hydrogens (tertiary/aromatic N) is 2. The molecule has 5 heteroatoms. The third-order valence-electron chi connectivity index (χ3n) is 2.37. The summed E-state index contributed by atoms with van der Waals surface area (Å²) in [6, 6.07) is 5.03. The maximum atomic E-state index is 12.1. The van der Waals surface area contributed by atoms with Gasteiger partial charge in [0.1, 0.15) is 12.1 Å². The summed E-state index contributed by atoms with van der Waals surface area (Å²) in [7, 11) is 0. The van der Waals surface area contributed by atoms with Gasteiger partial charge in [0, 0.05) is 12.4 Å². The van der Waals surface area contributed by atoms with Gasteiger partial charge in [0.25, 0.3) is 5.91 Å². The zero-order valence-electron chi connectivity index (χ0n) is 8.74. The molecule has 0 aliphatic carbocycles. The van der Waals surface area contributed by atoms with Crippen LogP contribution in [-0.4, -0.2) is 15.5 Å². The van der Waals surface area contributed by atoms with Gasteiger partial charge < -0.3 is 8.83 Å². The van der Waals surface area contributed by atoms with Gasteiger partial charge >= 0.3 is 0 Å². The molecule has 3 rings (SSSR count). The highest BCUT2D eigenvalue weighted by Crippen LogP contribution is 2.18. The fraction of sp³-hybridized carbons (Fsp3) is 0. The smallest absolute Gasteiger partial charge is 0.299 e. The summed E-state index contributed by atoms with van der Waals surface area (Å²) in [5, 5.41) is 0. The van der Waals surface area contributed by atoms with Crippen LogP contribution in [-0.2, 0) is 0 Å². The molecule has 0 bridgehead atoms. The van der Waals surface area contributed by atoms with Gasteiger partial charge in [-0.1, -0.05) is 0 Å². The van der Waals surface area contributed by atoms with Crippen LogP contribution in [0.3, 0.4) is 0 Å². The van der Waals surface area contributed by atoms with E-state index < -0.39 is 0 Å². The summed E-state index contributed by atoms with van der Waals surface area (Å²) in [6.07, 6.45) is 7.68. The minimum absolute atomic E-state index is 0.260. The quantitative estimate of drug-likeness (QED) is 0.675. The Labute approximate surface area is 96.3 Å². The Morgan fingerprint density at radius 2 is 2.24 bits per heavy atom. The lowest BCUT2D eigenvalue weighted by atomic mass is 10.3. The molecule has 3 aromatic heterocycles. The lowest BCUT2D eigenvalue weighted by Gasteiger charge is -2.01.